The Morgan fingerprint density at radius 2 is 1.53 bits per heavy atom. The molecule has 0 atom stereocenters. The highest BCUT2D eigenvalue weighted by Crippen LogP contribution is 2.39. The number of aryl methyl sites for hydroxylation is 1. The summed E-state index contributed by atoms with van der Waals surface area (Å²) in [4.78, 5) is 30.6. The number of nitrogens with zero attached hydrogens (tertiary/aromatic N) is 2. The smallest absolute Gasteiger partial charge is 0.282 e. The first-order chi connectivity index (χ1) is 14.6. The number of amides is 2. The summed E-state index contributed by atoms with van der Waals surface area (Å²) in [7, 11) is 3.13. The molecule has 0 unspecified atom stereocenters. The highest BCUT2D eigenvalue weighted by Gasteiger charge is 2.43. The predicted molar refractivity (Wildman–Crippen MR) is 116 cm³/mol. The molecule has 1 fully saturated rings. The van der Waals surface area contributed by atoms with Crippen LogP contribution in [0.5, 0.6) is 11.5 Å². The van der Waals surface area contributed by atoms with E-state index in [-0.39, 0.29) is 11.8 Å². The van der Waals surface area contributed by atoms with E-state index in [2.05, 4.69) is 4.90 Å². The van der Waals surface area contributed by atoms with Crippen LogP contribution in [-0.4, -0.2) is 44.0 Å². The Labute approximate surface area is 176 Å². The van der Waals surface area contributed by atoms with Crippen LogP contribution in [0, 0.1) is 6.92 Å². The monoisotopic (exact) mass is 406 g/mol. The molecule has 6 heteroatoms. The van der Waals surface area contributed by atoms with Gasteiger partial charge in [-0.1, -0.05) is 24.3 Å². The van der Waals surface area contributed by atoms with Gasteiger partial charge in [0.1, 0.15) is 5.70 Å². The number of anilines is 1. The molecule has 0 radical (unpaired) electrons. The molecule has 2 heterocycles. The molecule has 1 saturated heterocycles. The fourth-order valence-electron chi connectivity index (χ4n) is 4.21. The molecule has 156 valence electrons. The zero-order valence-corrected chi connectivity index (χ0v) is 17.6. The van der Waals surface area contributed by atoms with Crippen LogP contribution in [0.1, 0.15) is 30.4 Å². The number of hydrogen-bond donors (Lipinski definition) is 0. The number of ether oxygens (including phenoxy) is 2. The van der Waals surface area contributed by atoms with Crippen molar-refractivity contribution in [3.8, 4) is 11.5 Å². The van der Waals surface area contributed by atoms with Crippen LogP contribution >= 0.6 is 0 Å². The summed E-state index contributed by atoms with van der Waals surface area (Å²) in [5, 5.41) is 0. The van der Waals surface area contributed by atoms with Crippen LogP contribution in [0.2, 0.25) is 0 Å². The number of methoxy groups -OCH3 is 2. The van der Waals surface area contributed by atoms with E-state index >= 15 is 0 Å². The van der Waals surface area contributed by atoms with Gasteiger partial charge in [-0.05, 0) is 55.5 Å². The maximum Gasteiger partial charge on any atom is 0.282 e. The van der Waals surface area contributed by atoms with Crippen molar-refractivity contribution in [2.45, 2.75) is 26.2 Å². The van der Waals surface area contributed by atoms with E-state index in [9.17, 15) is 9.59 Å². The molecule has 2 amide bonds. The van der Waals surface area contributed by atoms with Crippen LogP contribution in [0.4, 0.5) is 5.69 Å². The minimum Gasteiger partial charge on any atom is -0.493 e. The van der Waals surface area contributed by atoms with Crippen molar-refractivity contribution in [3.05, 3.63) is 59.3 Å². The van der Waals surface area contributed by atoms with Gasteiger partial charge >= 0.3 is 0 Å². The summed E-state index contributed by atoms with van der Waals surface area (Å²) in [6, 6.07) is 12.8. The number of imide groups is 1. The lowest BCUT2D eigenvalue weighted by atomic mass is 10.0. The Kier molecular flexibility index (Phi) is 5.48. The molecule has 0 spiro atoms. The Bertz CT molecular complexity index is 1020. The number of carbonyl (C=O) groups is 2. The number of benzene rings is 2. The Morgan fingerprint density at radius 3 is 2.20 bits per heavy atom. The van der Waals surface area contributed by atoms with E-state index in [1.54, 1.807) is 26.4 Å². The van der Waals surface area contributed by atoms with E-state index < -0.39 is 0 Å². The first-order valence-electron chi connectivity index (χ1n) is 10.2. The molecule has 0 aliphatic carbocycles. The summed E-state index contributed by atoms with van der Waals surface area (Å²) < 4.78 is 10.8. The first kappa shape index (κ1) is 20.0. The van der Waals surface area contributed by atoms with Gasteiger partial charge in [-0.15, -0.1) is 0 Å². The zero-order chi connectivity index (χ0) is 21.3. The molecular formula is C24H26N2O4. The second kappa shape index (κ2) is 8.22. The van der Waals surface area contributed by atoms with E-state index in [1.807, 2.05) is 37.3 Å². The van der Waals surface area contributed by atoms with Crippen LogP contribution in [0.15, 0.2) is 48.2 Å². The summed E-state index contributed by atoms with van der Waals surface area (Å²) in [5.74, 6) is 0.534. The number of piperidine rings is 1. The van der Waals surface area contributed by atoms with Crippen molar-refractivity contribution in [1.29, 1.82) is 0 Å². The Morgan fingerprint density at radius 1 is 0.833 bits per heavy atom. The van der Waals surface area contributed by atoms with Crippen molar-refractivity contribution >= 4 is 23.1 Å². The normalized spacial score (nSPS) is 17.0. The van der Waals surface area contributed by atoms with Gasteiger partial charge in [-0.3, -0.25) is 9.59 Å². The van der Waals surface area contributed by atoms with Gasteiger partial charge in [0.15, 0.2) is 11.5 Å². The quantitative estimate of drug-likeness (QED) is 0.708. The van der Waals surface area contributed by atoms with Crippen molar-refractivity contribution in [1.82, 2.24) is 4.90 Å². The molecule has 2 aliphatic rings. The Hall–Kier alpha value is -3.28. The second-order valence-corrected chi connectivity index (χ2v) is 7.57. The van der Waals surface area contributed by atoms with E-state index in [0.29, 0.717) is 34.0 Å². The highest BCUT2D eigenvalue weighted by molar-refractivity contribution is 6.45. The molecule has 0 aromatic heterocycles. The largest absolute Gasteiger partial charge is 0.493 e. The summed E-state index contributed by atoms with van der Waals surface area (Å²) in [5.41, 5.74) is 3.06. The second-order valence-electron chi connectivity index (χ2n) is 7.57. The van der Waals surface area contributed by atoms with Crippen molar-refractivity contribution in [3.63, 3.8) is 0 Å². The third-order valence-corrected chi connectivity index (χ3v) is 5.76. The van der Waals surface area contributed by atoms with Gasteiger partial charge in [0.2, 0.25) is 0 Å². The van der Waals surface area contributed by atoms with Gasteiger partial charge < -0.3 is 14.4 Å². The van der Waals surface area contributed by atoms with Crippen LogP contribution in [-0.2, 0) is 9.59 Å². The molecule has 2 aromatic carbocycles. The lowest BCUT2D eigenvalue weighted by molar-refractivity contribution is -0.120. The fourth-order valence-corrected chi connectivity index (χ4v) is 4.21. The van der Waals surface area contributed by atoms with Crippen molar-refractivity contribution in [2.75, 3.05) is 32.2 Å². The zero-order valence-electron chi connectivity index (χ0n) is 17.6. The maximum atomic E-state index is 13.6. The lowest BCUT2D eigenvalue weighted by Gasteiger charge is -2.29. The third kappa shape index (κ3) is 3.32. The van der Waals surface area contributed by atoms with E-state index in [0.717, 1.165) is 37.9 Å². The summed E-state index contributed by atoms with van der Waals surface area (Å²) in [6.07, 6.45) is 3.15. The minimum absolute atomic E-state index is 0.263. The van der Waals surface area contributed by atoms with Gasteiger partial charge in [-0.2, -0.15) is 0 Å². The van der Waals surface area contributed by atoms with E-state index in [4.69, 9.17) is 9.47 Å². The molecule has 4 rings (SSSR count). The van der Waals surface area contributed by atoms with Gasteiger partial charge in [0.25, 0.3) is 11.8 Å². The molecule has 0 bridgehead atoms. The van der Waals surface area contributed by atoms with Crippen LogP contribution < -0.4 is 14.4 Å². The first-order valence-corrected chi connectivity index (χ1v) is 10.2. The topological polar surface area (TPSA) is 59.1 Å². The molecule has 2 aliphatic heterocycles. The van der Waals surface area contributed by atoms with Crippen LogP contribution in [0.3, 0.4) is 0 Å². The fraction of sp³-hybridized carbons (Fsp3) is 0.333. The minimum atomic E-state index is -0.304. The number of hydrogen-bond acceptors (Lipinski definition) is 5. The lowest BCUT2D eigenvalue weighted by Crippen LogP contribution is -2.37. The number of likely N-dealkylation sites (tertiary alicyclic amines) is 1. The number of para-hydroxylation sites is 1. The average molecular weight is 406 g/mol. The molecule has 2 aromatic rings. The standard InChI is InChI=1S/C24H26N2O4/c1-16-9-5-6-10-18(16)26-23(27)21(17-11-12-19(29-2)20(15-17)30-3)22(24(26)28)25-13-7-4-8-14-25/h5-6,9-12,15H,4,7-8,13-14H2,1-3H3. The molecule has 0 saturated carbocycles. The van der Waals surface area contributed by atoms with E-state index in [1.165, 1.54) is 4.90 Å². The summed E-state index contributed by atoms with van der Waals surface area (Å²) in [6.45, 7) is 3.45. The van der Waals surface area contributed by atoms with Crippen molar-refractivity contribution < 1.29 is 19.1 Å². The third-order valence-electron chi connectivity index (χ3n) is 5.76. The SMILES string of the molecule is COc1ccc(C2=C(N3CCCCC3)C(=O)N(c3ccccc3C)C2=O)cc1OC. The predicted octanol–water partition coefficient (Wildman–Crippen LogP) is 3.78. The number of rotatable bonds is 5. The van der Waals surface area contributed by atoms with Gasteiger partial charge in [0.05, 0.1) is 25.5 Å². The van der Waals surface area contributed by atoms with Gasteiger partial charge in [0, 0.05) is 13.1 Å². The molecular weight excluding hydrogens is 380 g/mol. The molecule has 0 N–H and O–H groups in total. The Balaban J connectivity index is 1.86. The van der Waals surface area contributed by atoms with Crippen LogP contribution in [0.25, 0.3) is 5.57 Å². The average Bonchev–Trinajstić information content (AvgIpc) is 3.04. The number of carbonyl (C=O) groups excluding carboxylic acids is 2. The summed E-state index contributed by atoms with van der Waals surface area (Å²) >= 11 is 0. The maximum absolute atomic E-state index is 13.6. The highest BCUT2D eigenvalue weighted by atomic mass is 16.5. The van der Waals surface area contributed by atoms with Crippen molar-refractivity contribution in [2.24, 2.45) is 0 Å². The van der Waals surface area contributed by atoms with Gasteiger partial charge in [-0.25, -0.2) is 4.90 Å². The molecule has 6 nitrogen and oxygen atoms in total. The molecule has 30 heavy (non-hydrogen) atoms.